The lowest BCUT2D eigenvalue weighted by Gasteiger charge is -2.29. The predicted octanol–water partition coefficient (Wildman–Crippen LogP) is 1.29. The Morgan fingerprint density at radius 3 is 2.84 bits per heavy atom. The topological polar surface area (TPSA) is 44.7 Å². The first-order chi connectivity index (χ1) is 9.15. The van der Waals surface area contributed by atoms with Crippen LogP contribution >= 0.6 is 11.6 Å². The number of halogens is 1. The van der Waals surface area contributed by atoms with Crippen LogP contribution in [0, 0.1) is 6.92 Å². The predicted molar refractivity (Wildman–Crippen MR) is 77.0 cm³/mol. The van der Waals surface area contributed by atoms with E-state index >= 15 is 0 Å². The number of nitrogens with zero attached hydrogens (tertiary/aromatic N) is 1. The maximum Gasteiger partial charge on any atom is 0.119 e. The van der Waals surface area contributed by atoms with Gasteiger partial charge in [-0.1, -0.05) is 11.6 Å². The molecular weight excluding hydrogens is 264 g/mol. The van der Waals surface area contributed by atoms with E-state index in [2.05, 4.69) is 10.2 Å². The molecule has 1 fully saturated rings. The smallest absolute Gasteiger partial charge is 0.119 e. The van der Waals surface area contributed by atoms with Crippen LogP contribution in [0.15, 0.2) is 18.2 Å². The summed E-state index contributed by atoms with van der Waals surface area (Å²) >= 11 is 5.95. The van der Waals surface area contributed by atoms with E-state index in [-0.39, 0.29) is 0 Å². The molecule has 2 N–H and O–H groups in total. The second kappa shape index (κ2) is 7.10. The largest absolute Gasteiger partial charge is 0.491 e. The van der Waals surface area contributed by atoms with E-state index in [1.54, 1.807) is 0 Å². The molecule has 1 aromatic rings. The van der Waals surface area contributed by atoms with Crippen LogP contribution in [0.3, 0.4) is 0 Å². The van der Waals surface area contributed by atoms with Gasteiger partial charge < -0.3 is 15.2 Å². The highest BCUT2D eigenvalue weighted by molar-refractivity contribution is 6.31. The van der Waals surface area contributed by atoms with Crippen LogP contribution in [0.2, 0.25) is 5.02 Å². The lowest BCUT2D eigenvalue weighted by molar-refractivity contribution is 0.0641. The summed E-state index contributed by atoms with van der Waals surface area (Å²) in [5.74, 6) is 0.751. The SMILES string of the molecule is Cc1cc(OC[C@@H](O)CN2CCNCC2)ccc1Cl. The first-order valence-electron chi connectivity index (χ1n) is 6.65. The Hall–Kier alpha value is -0.810. The van der Waals surface area contributed by atoms with Crippen LogP contribution in [0.4, 0.5) is 0 Å². The molecule has 4 nitrogen and oxygen atoms in total. The lowest BCUT2D eigenvalue weighted by Crippen LogP contribution is -2.47. The number of ether oxygens (including phenoxy) is 1. The summed E-state index contributed by atoms with van der Waals surface area (Å²) in [5, 5.41) is 14.0. The third-order valence-electron chi connectivity index (χ3n) is 3.25. The molecule has 0 radical (unpaired) electrons. The molecule has 2 rings (SSSR count). The standard InChI is InChI=1S/C14H21ClN2O2/c1-11-8-13(2-3-14(11)15)19-10-12(18)9-17-6-4-16-5-7-17/h2-3,8,12,16,18H,4-7,9-10H2,1H3/t12-/m0/s1. The number of benzene rings is 1. The van der Waals surface area contributed by atoms with Crippen molar-refractivity contribution in [3.05, 3.63) is 28.8 Å². The Morgan fingerprint density at radius 2 is 2.16 bits per heavy atom. The average Bonchev–Trinajstić information content (AvgIpc) is 2.41. The molecule has 1 aliphatic rings. The summed E-state index contributed by atoms with van der Waals surface area (Å²) in [7, 11) is 0. The van der Waals surface area contributed by atoms with Gasteiger partial charge in [0.15, 0.2) is 0 Å². The van der Waals surface area contributed by atoms with Crippen molar-refractivity contribution < 1.29 is 9.84 Å². The van der Waals surface area contributed by atoms with E-state index in [1.807, 2.05) is 25.1 Å². The third kappa shape index (κ3) is 4.66. The molecule has 5 heteroatoms. The van der Waals surface area contributed by atoms with Crippen molar-refractivity contribution in [2.24, 2.45) is 0 Å². The van der Waals surface area contributed by atoms with Crippen LogP contribution in [0.25, 0.3) is 0 Å². The Labute approximate surface area is 119 Å². The first-order valence-corrected chi connectivity index (χ1v) is 7.03. The second-order valence-electron chi connectivity index (χ2n) is 4.93. The average molecular weight is 285 g/mol. The van der Waals surface area contributed by atoms with Gasteiger partial charge in [-0.3, -0.25) is 4.90 Å². The number of rotatable bonds is 5. The fraction of sp³-hybridized carbons (Fsp3) is 0.571. The molecule has 0 amide bonds. The van der Waals surface area contributed by atoms with Gasteiger partial charge in [-0.25, -0.2) is 0 Å². The van der Waals surface area contributed by atoms with Gasteiger partial charge in [0.1, 0.15) is 18.5 Å². The molecule has 0 bridgehead atoms. The quantitative estimate of drug-likeness (QED) is 0.855. The normalized spacial score (nSPS) is 18.3. The van der Waals surface area contributed by atoms with Gasteiger partial charge >= 0.3 is 0 Å². The number of hydrogen-bond acceptors (Lipinski definition) is 4. The van der Waals surface area contributed by atoms with Crippen molar-refractivity contribution in [2.75, 3.05) is 39.3 Å². The molecule has 1 aliphatic heterocycles. The van der Waals surface area contributed by atoms with E-state index in [1.165, 1.54) is 0 Å². The summed E-state index contributed by atoms with van der Waals surface area (Å²) < 4.78 is 5.59. The van der Waals surface area contributed by atoms with Crippen molar-refractivity contribution in [1.29, 1.82) is 0 Å². The number of nitrogens with one attached hydrogen (secondary N) is 1. The molecule has 106 valence electrons. The van der Waals surface area contributed by atoms with E-state index in [4.69, 9.17) is 16.3 Å². The van der Waals surface area contributed by atoms with Crippen LogP contribution < -0.4 is 10.1 Å². The zero-order chi connectivity index (χ0) is 13.7. The minimum atomic E-state index is -0.464. The van der Waals surface area contributed by atoms with Gasteiger partial charge in [0, 0.05) is 37.7 Å². The maximum absolute atomic E-state index is 9.97. The summed E-state index contributed by atoms with van der Waals surface area (Å²) in [6.45, 7) is 6.85. The highest BCUT2D eigenvalue weighted by atomic mass is 35.5. The molecule has 0 unspecified atom stereocenters. The van der Waals surface area contributed by atoms with E-state index in [9.17, 15) is 5.11 Å². The minimum Gasteiger partial charge on any atom is -0.491 e. The fourth-order valence-corrected chi connectivity index (χ4v) is 2.26. The van der Waals surface area contributed by atoms with Gasteiger partial charge in [0.2, 0.25) is 0 Å². The summed E-state index contributed by atoms with van der Waals surface area (Å²) in [6, 6.07) is 5.53. The number of β-amino-alcohol motifs (C(OH)–C–C–N with tert-alkyl or cyclic N) is 1. The molecule has 19 heavy (non-hydrogen) atoms. The molecule has 1 heterocycles. The molecule has 1 saturated heterocycles. The minimum absolute atomic E-state index is 0.311. The molecule has 0 spiro atoms. The van der Waals surface area contributed by atoms with Crippen molar-refractivity contribution in [1.82, 2.24) is 10.2 Å². The van der Waals surface area contributed by atoms with E-state index < -0.39 is 6.10 Å². The first kappa shape index (κ1) is 14.6. The van der Waals surface area contributed by atoms with Gasteiger partial charge in [-0.05, 0) is 30.7 Å². The van der Waals surface area contributed by atoms with Crippen molar-refractivity contribution in [3.8, 4) is 5.75 Å². The molecule has 0 saturated carbocycles. The molecular formula is C14H21ClN2O2. The summed E-state index contributed by atoms with van der Waals surface area (Å²) in [5.41, 5.74) is 0.982. The Bertz CT molecular complexity index is 408. The third-order valence-corrected chi connectivity index (χ3v) is 3.67. The highest BCUT2D eigenvalue weighted by Crippen LogP contribution is 2.21. The van der Waals surface area contributed by atoms with E-state index in [0.717, 1.165) is 42.5 Å². The Morgan fingerprint density at radius 1 is 1.42 bits per heavy atom. The van der Waals surface area contributed by atoms with Crippen molar-refractivity contribution >= 4 is 11.6 Å². The second-order valence-corrected chi connectivity index (χ2v) is 5.33. The van der Waals surface area contributed by atoms with Crippen LogP contribution in [0.5, 0.6) is 5.75 Å². The van der Waals surface area contributed by atoms with Gasteiger partial charge in [0.25, 0.3) is 0 Å². The number of aryl methyl sites for hydroxylation is 1. The number of aliphatic hydroxyl groups excluding tert-OH is 1. The van der Waals surface area contributed by atoms with Gasteiger partial charge in [-0.2, -0.15) is 0 Å². The van der Waals surface area contributed by atoms with Crippen LogP contribution in [-0.2, 0) is 0 Å². The number of aliphatic hydroxyl groups is 1. The van der Waals surface area contributed by atoms with E-state index in [0.29, 0.717) is 13.2 Å². The molecule has 0 aromatic heterocycles. The summed E-state index contributed by atoms with van der Waals surface area (Å²) in [6.07, 6.45) is -0.464. The Kier molecular flexibility index (Phi) is 5.45. The van der Waals surface area contributed by atoms with Gasteiger partial charge in [-0.15, -0.1) is 0 Å². The van der Waals surface area contributed by atoms with Crippen molar-refractivity contribution in [2.45, 2.75) is 13.0 Å². The Balaban J connectivity index is 1.75. The van der Waals surface area contributed by atoms with Crippen LogP contribution in [-0.4, -0.2) is 55.4 Å². The van der Waals surface area contributed by atoms with Gasteiger partial charge in [0.05, 0.1) is 0 Å². The molecule has 0 aliphatic carbocycles. The monoisotopic (exact) mass is 284 g/mol. The van der Waals surface area contributed by atoms with Crippen LogP contribution in [0.1, 0.15) is 5.56 Å². The maximum atomic E-state index is 9.97. The zero-order valence-corrected chi connectivity index (χ0v) is 12.0. The highest BCUT2D eigenvalue weighted by Gasteiger charge is 2.14. The van der Waals surface area contributed by atoms with Crippen molar-refractivity contribution in [3.63, 3.8) is 0 Å². The molecule has 1 atom stereocenters. The number of piperazine rings is 1. The fourth-order valence-electron chi connectivity index (χ4n) is 2.14. The summed E-state index contributed by atoms with van der Waals surface area (Å²) in [4.78, 5) is 2.25. The number of hydrogen-bond donors (Lipinski definition) is 2. The molecule has 1 aromatic carbocycles. The zero-order valence-electron chi connectivity index (χ0n) is 11.2. The lowest BCUT2D eigenvalue weighted by atomic mass is 10.2.